The number of amides is 1. The Morgan fingerprint density at radius 1 is 0.964 bits per heavy atom. The number of aryl methyl sites for hydroxylation is 1. The lowest BCUT2D eigenvalue weighted by molar-refractivity contribution is 0.102. The normalized spacial score (nSPS) is 11.8. The molecule has 0 aromatic heterocycles. The molecule has 0 fully saturated rings. The van der Waals surface area contributed by atoms with E-state index in [-0.39, 0.29) is 16.2 Å². The smallest absolute Gasteiger partial charge is 0.255 e. The molecule has 2 aromatic rings. The average Bonchev–Trinajstić information content (AvgIpc) is 2.63. The van der Waals surface area contributed by atoms with Crippen LogP contribution in [0, 0.1) is 6.92 Å². The van der Waals surface area contributed by atoms with Crippen LogP contribution in [0.5, 0.6) is 0 Å². The Bertz CT molecular complexity index is 1060. The third-order valence-electron chi connectivity index (χ3n) is 3.92. The molecule has 0 saturated carbocycles. The number of carbonyl (C=O) groups is 1. The van der Waals surface area contributed by atoms with Crippen LogP contribution in [0.4, 0.5) is 11.4 Å². The van der Waals surface area contributed by atoms with Gasteiger partial charge in [0.1, 0.15) is 0 Å². The van der Waals surface area contributed by atoms with E-state index in [9.17, 15) is 21.6 Å². The highest BCUT2D eigenvalue weighted by Crippen LogP contribution is 2.19. The van der Waals surface area contributed by atoms with Gasteiger partial charge in [-0.3, -0.25) is 9.52 Å². The molecule has 0 radical (unpaired) electrons. The molecule has 1 amide bonds. The molecule has 0 atom stereocenters. The highest BCUT2D eigenvalue weighted by Gasteiger charge is 2.17. The lowest BCUT2D eigenvalue weighted by Gasteiger charge is -2.11. The summed E-state index contributed by atoms with van der Waals surface area (Å²) in [4.78, 5) is 12.6. The first-order chi connectivity index (χ1) is 13.1. The summed E-state index contributed by atoms with van der Waals surface area (Å²) in [7, 11) is -5.76. The van der Waals surface area contributed by atoms with E-state index in [2.05, 4.69) is 14.8 Å². The molecular weight excluding hydrogens is 402 g/mol. The maximum absolute atomic E-state index is 12.6. The van der Waals surface area contributed by atoms with Gasteiger partial charge in [-0.1, -0.05) is 13.0 Å². The van der Waals surface area contributed by atoms with Crippen molar-refractivity contribution in [3.63, 3.8) is 0 Å². The molecule has 28 heavy (non-hydrogen) atoms. The molecule has 0 aliphatic carbocycles. The fraction of sp³-hybridized carbons (Fsp3) is 0.278. The molecule has 0 saturated heterocycles. The molecular formula is C18H23N3O5S2. The highest BCUT2D eigenvalue weighted by atomic mass is 32.2. The molecule has 0 unspecified atom stereocenters. The standard InChI is InChI=1S/C18H23N3O5S2/c1-4-11-27(23,24)21-15-8-6-14(7-9-15)20-18(22)17-12-16(10-5-13(17)2)28(25,26)19-3/h5-10,12,19,21H,4,11H2,1-3H3,(H,20,22). The third kappa shape index (κ3) is 5.54. The van der Waals surface area contributed by atoms with Crippen molar-refractivity contribution < 1.29 is 21.6 Å². The zero-order chi connectivity index (χ0) is 20.9. The molecule has 8 nitrogen and oxygen atoms in total. The molecule has 0 aliphatic rings. The second-order valence-corrected chi connectivity index (χ2v) is 9.87. The van der Waals surface area contributed by atoms with Crippen molar-refractivity contribution in [2.24, 2.45) is 0 Å². The van der Waals surface area contributed by atoms with Crippen molar-refractivity contribution in [1.82, 2.24) is 4.72 Å². The van der Waals surface area contributed by atoms with E-state index in [0.29, 0.717) is 23.4 Å². The first kappa shape index (κ1) is 21.9. The Hall–Kier alpha value is -2.43. The van der Waals surface area contributed by atoms with Gasteiger partial charge in [0, 0.05) is 16.9 Å². The van der Waals surface area contributed by atoms with Crippen LogP contribution in [0.2, 0.25) is 0 Å². The monoisotopic (exact) mass is 425 g/mol. The summed E-state index contributed by atoms with van der Waals surface area (Å²) in [6, 6.07) is 10.5. The highest BCUT2D eigenvalue weighted by molar-refractivity contribution is 7.92. The first-order valence-electron chi connectivity index (χ1n) is 8.54. The Morgan fingerprint density at radius 2 is 1.57 bits per heavy atom. The van der Waals surface area contributed by atoms with Gasteiger partial charge in [0.15, 0.2) is 0 Å². The topological polar surface area (TPSA) is 121 Å². The van der Waals surface area contributed by atoms with Gasteiger partial charge in [-0.05, 0) is 62.4 Å². The van der Waals surface area contributed by atoms with Crippen molar-refractivity contribution in [3.05, 3.63) is 53.6 Å². The summed E-state index contributed by atoms with van der Waals surface area (Å²) in [6.07, 6.45) is 0.505. The van der Waals surface area contributed by atoms with E-state index in [4.69, 9.17) is 0 Å². The van der Waals surface area contributed by atoms with Gasteiger partial charge >= 0.3 is 0 Å². The summed E-state index contributed by atoms with van der Waals surface area (Å²) in [5, 5.41) is 2.68. The van der Waals surface area contributed by atoms with Crippen molar-refractivity contribution in [2.45, 2.75) is 25.2 Å². The maximum atomic E-state index is 12.6. The Labute approximate surface area is 165 Å². The van der Waals surface area contributed by atoms with Gasteiger partial charge < -0.3 is 5.32 Å². The number of rotatable bonds is 8. The predicted molar refractivity (Wildman–Crippen MR) is 110 cm³/mol. The summed E-state index contributed by atoms with van der Waals surface area (Å²) >= 11 is 0. The van der Waals surface area contributed by atoms with Crippen molar-refractivity contribution in [1.29, 1.82) is 0 Å². The van der Waals surface area contributed by atoms with Crippen LogP contribution < -0.4 is 14.8 Å². The Balaban J connectivity index is 2.18. The van der Waals surface area contributed by atoms with Gasteiger partial charge in [-0.25, -0.2) is 21.6 Å². The van der Waals surface area contributed by atoms with E-state index < -0.39 is 26.0 Å². The van der Waals surface area contributed by atoms with Crippen LogP contribution in [0.15, 0.2) is 47.4 Å². The number of anilines is 2. The van der Waals surface area contributed by atoms with Gasteiger partial charge in [0.2, 0.25) is 20.0 Å². The van der Waals surface area contributed by atoms with E-state index >= 15 is 0 Å². The molecule has 0 spiro atoms. The van der Waals surface area contributed by atoms with E-state index in [1.165, 1.54) is 31.3 Å². The minimum atomic E-state index is -3.67. The Kier molecular flexibility index (Phi) is 6.81. The van der Waals surface area contributed by atoms with Gasteiger partial charge in [-0.15, -0.1) is 0 Å². The van der Waals surface area contributed by atoms with E-state index in [1.54, 1.807) is 32.0 Å². The minimum absolute atomic E-state index is 0.00794. The second-order valence-electron chi connectivity index (χ2n) is 6.14. The first-order valence-corrected chi connectivity index (χ1v) is 11.7. The van der Waals surface area contributed by atoms with Crippen LogP contribution in [0.3, 0.4) is 0 Å². The number of nitrogens with one attached hydrogen (secondary N) is 3. The zero-order valence-corrected chi connectivity index (χ0v) is 17.4. The fourth-order valence-electron chi connectivity index (χ4n) is 2.45. The molecule has 152 valence electrons. The lowest BCUT2D eigenvalue weighted by Crippen LogP contribution is -2.20. The number of hydrogen-bond acceptors (Lipinski definition) is 5. The number of carbonyl (C=O) groups excluding carboxylic acids is 1. The van der Waals surface area contributed by atoms with Crippen LogP contribution in [0.1, 0.15) is 29.3 Å². The third-order valence-corrected chi connectivity index (χ3v) is 6.83. The quantitative estimate of drug-likeness (QED) is 0.599. The van der Waals surface area contributed by atoms with Crippen LogP contribution in [-0.2, 0) is 20.0 Å². The van der Waals surface area contributed by atoms with E-state index in [0.717, 1.165) is 0 Å². The summed E-state index contributed by atoms with van der Waals surface area (Å²) in [5.74, 6) is -0.443. The van der Waals surface area contributed by atoms with Gasteiger partial charge in [0.25, 0.3) is 5.91 Å². The Morgan fingerprint density at radius 3 is 2.14 bits per heavy atom. The van der Waals surface area contributed by atoms with Crippen LogP contribution in [-0.4, -0.2) is 35.5 Å². The molecule has 2 aromatic carbocycles. The number of hydrogen-bond donors (Lipinski definition) is 3. The molecule has 0 aliphatic heterocycles. The van der Waals surface area contributed by atoms with Crippen LogP contribution in [0.25, 0.3) is 0 Å². The fourth-order valence-corrected chi connectivity index (χ4v) is 4.34. The average molecular weight is 426 g/mol. The van der Waals surface area contributed by atoms with Gasteiger partial charge in [-0.2, -0.15) is 0 Å². The molecule has 10 heteroatoms. The predicted octanol–water partition coefficient (Wildman–Crippen LogP) is 2.31. The number of sulfonamides is 2. The zero-order valence-electron chi connectivity index (χ0n) is 15.8. The summed E-state index contributed by atoms with van der Waals surface area (Å²) in [6.45, 7) is 3.48. The second kappa shape index (κ2) is 8.72. The largest absolute Gasteiger partial charge is 0.322 e. The summed E-state index contributed by atoms with van der Waals surface area (Å²) in [5.41, 5.74) is 1.69. The maximum Gasteiger partial charge on any atom is 0.255 e. The van der Waals surface area contributed by atoms with Crippen molar-refractivity contribution >= 4 is 37.3 Å². The SMILES string of the molecule is CCCS(=O)(=O)Nc1ccc(NC(=O)c2cc(S(=O)(=O)NC)ccc2C)cc1. The minimum Gasteiger partial charge on any atom is -0.322 e. The van der Waals surface area contributed by atoms with Crippen molar-refractivity contribution in [2.75, 3.05) is 22.8 Å². The molecule has 0 bridgehead atoms. The van der Waals surface area contributed by atoms with Gasteiger partial charge in [0.05, 0.1) is 10.6 Å². The molecule has 3 N–H and O–H groups in total. The molecule has 2 rings (SSSR count). The molecule has 0 heterocycles. The summed E-state index contributed by atoms with van der Waals surface area (Å²) < 4.78 is 52.1. The van der Waals surface area contributed by atoms with E-state index in [1.807, 2.05) is 0 Å². The lowest BCUT2D eigenvalue weighted by atomic mass is 10.1. The van der Waals surface area contributed by atoms with Crippen molar-refractivity contribution in [3.8, 4) is 0 Å². The number of benzene rings is 2. The van der Waals surface area contributed by atoms with Crippen LogP contribution >= 0.6 is 0 Å².